The van der Waals surface area contributed by atoms with E-state index >= 15 is 0 Å². The molecule has 7 heteroatoms. The molecule has 1 aliphatic rings. The summed E-state index contributed by atoms with van der Waals surface area (Å²) in [6.45, 7) is 0.378. The van der Waals surface area contributed by atoms with Gasteiger partial charge in [-0.05, 0) is 12.1 Å². The molecular formula is C12H9ClN2O3S. The Morgan fingerprint density at radius 3 is 2.95 bits per heavy atom. The second-order valence-corrected chi connectivity index (χ2v) is 5.66. The molecule has 1 aliphatic heterocycles. The van der Waals surface area contributed by atoms with Crippen molar-refractivity contribution in [1.82, 2.24) is 9.97 Å². The Morgan fingerprint density at radius 1 is 1.32 bits per heavy atom. The Hall–Kier alpha value is -1.66. The van der Waals surface area contributed by atoms with E-state index in [4.69, 9.17) is 16.3 Å². The zero-order valence-electron chi connectivity index (χ0n) is 9.60. The van der Waals surface area contributed by atoms with Crippen molar-refractivity contribution in [2.45, 2.75) is 10.1 Å². The first kappa shape index (κ1) is 12.4. The van der Waals surface area contributed by atoms with E-state index in [1.165, 1.54) is 18.0 Å². The lowest BCUT2D eigenvalue weighted by Crippen LogP contribution is -2.31. The minimum absolute atomic E-state index is 0.0875. The molecule has 98 valence electrons. The molecule has 2 heterocycles. The van der Waals surface area contributed by atoms with Crippen molar-refractivity contribution < 1.29 is 4.74 Å². The summed E-state index contributed by atoms with van der Waals surface area (Å²) in [5.74, 6) is 0.664. The van der Waals surface area contributed by atoms with E-state index in [0.717, 1.165) is 4.90 Å². The maximum absolute atomic E-state index is 11.3. The van der Waals surface area contributed by atoms with Gasteiger partial charge in [-0.15, -0.1) is 11.8 Å². The highest BCUT2D eigenvalue weighted by molar-refractivity contribution is 7.99. The fraction of sp³-hybridized carbons (Fsp3) is 0.167. The summed E-state index contributed by atoms with van der Waals surface area (Å²) in [6.07, 6.45) is 1.50. The van der Waals surface area contributed by atoms with Gasteiger partial charge in [0.25, 0.3) is 0 Å². The van der Waals surface area contributed by atoms with Crippen LogP contribution in [0, 0.1) is 0 Å². The number of rotatable bonds is 1. The molecule has 3 rings (SSSR count). The number of aromatic nitrogens is 2. The zero-order chi connectivity index (χ0) is 13.4. The summed E-state index contributed by atoms with van der Waals surface area (Å²) in [5, 5.41) is 0.480. The van der Waals surface area contributed by atoms with Gasteiger partial charge >= 0.3 is 11.1 Å². The number of thioether (sulfide) groups is 1. The molecule has 0 amide bonds. The molecule has 1 atom stereocenters. The first-order valence-electron chi connectivity index (χ1n) is 5.55. The van der Waals surface area contributed by atoms with Crippen LogP contribution < -0.4 is 15.9 Å². The molecular weight excluding hydrogens is 288 g/mol. The molecule has 0 radical (unpaired) electrons. The predicted octanol–water partition coefficient (Wildman–Crippen LogP) is 1.94. The molecule has 0 fully saturated rings. The van der Waals surface area contributed by atoms with Gasteiger partial charge in [-0.2, -0.15) is 0 Å². The van der Waals surface area contributed by atoms with E-state index < -0.39 is 11.1 Å². The van der Waals surface area contributed by atoms with Gasteiger partial charge in [0.05, 0.1) is 20.9 Å². The lowest BCUT2D eigenvalue weighted by atomic mass is 10.3. The van der Waals surface area contributed by atoms with Gasteiger partial charge in [0.1, 0.15) is 6.61 Å². The number of fused-ring (bicyclic) bond motifs is 1. The van der Waals surface area contributed by atoms with Crippen molar-refractivity contribution >= 4 is 23.4 Å². The predicted molar refractivity (Wildman–Crippen MR) is 73.2 cm³/mol. The maximum Gasteiger partial charge on any atom is 0.313 e. The number of nitrogens with one attached hydrogen (secondary N) is 2. The fourth-order valence-electron chi connectivity index (χ4n) is 1.83. The largest absolute Gasteiger partial charge is 0.489 e. The summed E-state index contributed by atoms with van der Waals surface area (Å²) in [5.41, 5.74) is -0.691. The lowest BCUT2D eigenvalue weighted by molar-refractivity contribution is 0.302. The van der Waals surface area contributed by atoms with E-state index in [9.17, 15) is 9.59 Å². The molecule has 0 saturated carbocycles. The Morgan fingerprint density at radius 2 is 2.16 bits per heavy atom. The van der Waals surface area contributed by atoms with Gasteiger partial charge in [0.2, 0.25) is 0 Å². The molecule has 0 bridgehead atoms. The Labute approximate surface area is 117 Å². The van der Waals surface area contributed by atoms with Crippen molar-refractivity contribution in [2.24, 2.45) is 0 Å². The van der Waals surface area contributed by atoms with Crippen LogP contribution in [0.2, 0.25) is 5.02 Å². The van der Waals surface area contributed by atoms with Gasteiger partial charge in [0.15, 0.2) is 5.75 Å². The Bertz CT molecular complexity index is 740. The summed E-state index contributed by atoms with van der Waals surface area (Å²) in [6, 6.07) is 5.51. The first-order chi connectivity index (χ1) is 9.15. The summed E-state index contributed by atoms with van der Waals surface area (Å²) in [4.78, 5) is 28.2. The molecule has 2 N–H and O–H groups in total. The SMILES string of the molecule is O=c1[nH]cc([C@@H]2COc3c(Cl)cccc3S2)[nH]c1=O. The molecule has 0 aliphatic carbocycles. The van der Waals surface area contributed by atoms with Gasteiger partial charge < -0.3 is 14.7 Å². The minimum atomic E-state index is -0.658. The van der Waals surface area contributed by atoms with Gasteiger partial charge in [-0.1, -0.05) is 17.7 Å². The third kappa shape index (κ3) is 2.29. The molecule has 0 saturated heterocycles. The highest BCUT2D eigenvalue weighted by Crippen LogP contribution is 2.46. The number of ether oxygens (including phenoxy) is 1. The normalized spacial score (nSPS) is 17.6. The monoisotopic (exact) mass is 296 g/mol. The highest BCUT2D eigenvalue weighted by Gasteiger charge is 2.24. The van der Waals surface area contributed by atoms with Crippen molar-refractivity contribution in [1.29, 1.82) is 0 Å². The number of hydrogen-bond donors (Lipinski definition) is 2. The van der Waals surface area contributed by atoms with Crippen molar-refractivity contribution in [3.63, 3.8) is 0 Å². The van der Waals surface area contributed by atoms with Crippen LogP contribution in [-0.2, 0) is 0 Å². The molecule has 5 nitrogen and oxygen atoms in total. The van der Waals surface area contributed by atoms with Crippen LogP contribution in [0.15, 0.2) is 38.9 Å². The van der Waals surface area contributed by atoms with Crippen LogP contribution in [0.4, 0.5) is 0 Å². The number of benzene rings is 1. The second-order valence-electron chi connectivity index (χ2n) is 4.01. The van der Waals surface area contributed by atoms with Gasteiger partial charge in [0, 0.05) is 6.20 Å². The lowest BCUT2D eigenvalue weighted by Gasteiger charge is -2.25. The number of hydrogen-bond acceptors (Lipinski definition) is 4. The number of para-hydroxylation sites is 1. The molecule has 0 spiro atoms. The number of H-pyrrole nitrogens is 2. The zero-order valence-corrected chi connectivity index (χ0v) is 11.2. The summed E-state index contributed by atoms with van der Waals surface area (Å²) < 4.78 is 5.62. The third-order valence-corrected chi connectivity index (χ3v) is 4.30. The summed E-state index contributed by atoms with van der Waals surface area (Å²) in [7, 11) is 0. The van der Waals surface area contributed by atoms with E-state index in [1.54, 1.807) is 6.07 Å². The smallest absolute Gasteiger partial charge is 0.313 e. The standard InChI is InChI=1S/C12H9ClN2O3S/c13-6-2-1-3-8-10(6)18-5-9(19-8)7-4-14-11(16)12(17)15-7/h1-4,9H,5H2,(H,14,16)(H,15,17)/t9-/m0/s1. The van der Waals surface area contributed by atoms with E-state index in [0.29, 0.717) is 23.1 Å². The van der Waals surface area contributed by atoms with Crippen LogP contribution in [0.25, 0.3) is 0 Å². The first-order valence-corrected chi connectivity index (χ1v) is 6.81. The second kappa shape index (κ2) is 4.79. The number of aromatic amines is 2. The third-order valence-electron chi connectivity index (χ3n) is 2.75. The van der Waals surface area contributed by atoms with Crippen molar-refractivity contribution in [2.75, 3.05) is 6.61 Å². The van der Waals surface area contributed by atoms with E-state index in [-0.39, 0.29) is 5.25 Å². The molecule has 19 heavy (non-hydrogen) atoms. The molecule has 1 aromatic carbocycles. The quantitative estimate of drug-likeness (QED) is 0.789. The van der Waals surface area contributed by atoms with E-state index in [1.807, 2.05) is 12.1 Å². The van der Waals surface area contributed by atoms with Crippen molar-refractivity contribution in [3.05, 3.63) is 55.8 Å². The van der Waals surface area contributed by atoms with Crippen molar-refractivity contribution in [3.8, 4) is 5.75 Å². The fourth-order valence-corrected chi connectivity index (χ4v) is 3.24. The highest BCUT2D eigenvalue weighted by atomic mass is 35.5. The average molecular weight is 297 g/mol. The molecule has 1 aromatic heterocycles. The Kier molecular flexibility index (Phi) is 3.12. The van der Waals surface area contributed by atoms with Gasteiger partial charge in [-0.3, -0.25) is 9.59 Å². The van der Waals surface area contributed by atoms with E-state index in [2.05, 4.69) is 9.97 Å². The van der Waals surface area contributed by atoms with Crippen LogP contribution in [0.5, 0.6) is 5.75 Å². The van der Waals surface area contributed by atoms with Crippen LogP contribution in [-0.4, -0.2) is 16.6 Å². The average Bonchev–Trinajstić information content (AvgIpc) is 2.42. The maximum atomic E-state index is 11.3. The van der Waals surface area contributed by atoms with Crippen LogP contribution in [0.3, 0.4) is 0 Å². The van der Waals surface area contributed by atoms with Crippen LogP contribution >= 0.6 is 23.4 Å². The minimum Gasteiger partial charge on any atom is -0.489 e. The topological polar surface area (TPSA) is 75.0 Å². The van der Waals surface area contributed by atoms with Gasteiger partial charge in [-0.25, -0.2) is 0 Å². The number of halogens is 1. The van der Waals surface area contributed by atoms with Crippen LogP contribution in [0.1, 0.15) is 10.9 Å². The Balaban J connectivity index is 1.95. The molecule has 2 aromatic rings. The summed E-state index contributed by atoms with van der Waals surface area (Å²) >= 11 is 7.58. The molecule has 0 unspecified atom stereocenters.